The third kappa shape index (κ3) is 4.13. The predicted octanol–water partition coefficient (Wildman–Crippen LogP) is -0.188. The predicted molar refractivity (Wildman–Crippen MR) is 59.4 cm³/mol. The second kappa shape index (κ2) is 5.58. The van der Waals surface area contributed by atoms with E-state index in [2.05, 4.69) is 0 Å². The molecule has 0 radical (unpaired) electrons. The molecule has 86 valence electrons. The maximum absolute atomic E-state index is 10.8. The van der Waals surface area contributed by atoms with Crippen LogP contribution in [0.15, 0.2) is 30.3 Å². The molecule has 0 aliphatic heterocycles. The molecule has 0 unspecified atom stereocenters. The van der Waals surface area contributed by atoms with E-state index in [1.165, 1.54) is 30.3 Å². The van der Waals surface area contributed by atoms with Crippen LogP contribution in [0.25, 0.3) is 0 Å². The van der Waals surface area contributed by atoms with Crippen LogP contribution in [0.2, 0.25) is 0 Å². The zero-order valence-electron chi connectivity index (χ0n) is 7.31. The zero-order chi connectivity index (χ0) is 11.7. The molecular formula is C7H9NaO6S2. The molecule has 0 heterocycles. The molecule has 0 atom stereocenters. The molecule has 0 bridgehead atoms. The molecule has 0 saturated heterocycles. The van der Waals surface area contributed by atoms with Crippen molar-refractivity contribution in [3.63, 3.8) is 0 Å². The normalized spacial score (nSPS) is 12.2. The second-order valence-corrected chi connectivity index (χ2v) is 6.07. The van der Waals surface area contributed by atoms with Gasteiger partial charge in [-0.2, -0.15) is 16.8 Å². The molecule has 0 aliphatic carbocycles. The van der Waals surface area contributed by atoms with Gasteiger partial charge in [-0.05, 0) is 5.56 Å². The van der Waals surface area contributed by atoms with Crippen molar-refractivity contribution >= 4 is 49.8 Å². The second-order valence-electron chi connectivity index (χ2n) is 2.77. The van der Waals surface area contributed by atoms with Crippen LogP contribution in [0.4, 0.5) is 0 Å². The maximum atomic E-state index is 10.8. The summed E-state index contributed by atoms with van der Waals surface area (Å²) >= 11 is 0. The van der Waals surface area contributed by atoms with Gasteiger partial charge in [0.15, 0.2) is 0 Å². The van der Waals surface area contributed by atoms with Gasteiger partial charge in [0.05, 0.1) is 0 Å². The summed E-state index contributed by atoms with van der Waals surface area (Å²) in [4.78, 5) is 0. The van der Waals surface area contributed by atoms with Crippen molar-refractivity contribution in [2.24, 2.45) is 0 Å². The fourth-order valence-electron chi connectivity index (χ4n) is 1.11. The Labute approximate surface area is 115 Å². The van der Waals surface area contributed by atoms with Crippen LogP contribution in [0, 0.1) is 0 Å². The summed E-state index contributed by atoms with van der Waals surface area (Å²) in [5.41, 5.74) is -0.220. The third-order valence-electron chi connectivity index (χ3n) is 1.61. The van der Waals surface area contributed by atoms with Gasteiger partial charge in [-0.15, -0.1) is 0 Å². The standard InChI is InChI=1S/C7H8O6S2.Na.H/c8-14(9,10)7(15(11,12)13)6-4-2-1-3-5-6;;/h1-5,7H,(H,8,9,10)(H,11,12,13);;. The van der Waals surface area contributed by atoms with Crippen LogP contribution >= 0.6 is 0 Å². The van der Waals surface area contributed by atoms with Gasteiger partial charge in [-0.3, -0.25) is 9.11 Å². The zero-order valence-corrected chi connectivity index (χ0v) is 8.94. The van der Waals surface area contributed by atoms with Crippen molar-refractivity contribution in [3.8, 4) is 0 Å². The first-order valence-corrected chi connectivity index (χ1v) is 6.71. The average Bonchev–Trinajstić information content (AvgIpc) is 2.00. The molecule has 1 aromatic rings. The van der Waals surface area contributed by atoms with E-state index in [1.54, 1.807) is 0 Å². The molecule has 1 rings (SSSR count). The van der Waals surface area contributed by atoms with E-state index in [0.29, 0.717) is 0 Å². The number of hydrogen-bond acceptors (Lipinski definition) is 4. The third-order valence-corrected chi connectivity index (χ3v) is 4.70. The molecule has 6 nitrogen and oxygen atoms in total. The van der Waals surface area contributed by atoms with E-state index in [4.69, 9.17) is 9.11 Å². The van der Waals surface area contributed by atoms with Crippen molar-refractivity contribution in [2.75, 3.05) is 0 Å². The number of rotatable bonds is 3. The molecule has 0 aliphatic rings. The molecule has 16 heavy (non-hydrogen) atoms. The molecule has 0 spiro atoms. The Hall–Kier alpha value is 0.0400. The van der Waals surface area contributed by atoms with Crippen LogP contribution in [0.1, 0.15) is 10.1 Å². The molecule has 0 amide bonds. The van der Waals surface area contributed by atoms with Gasteiger partial charge in [-0.25, -0.2) is 0 Å². The molecular weight excluding hydrogens is 267 g/mol. The Morgan fingerprint density at radius 1 is 0.875 bits per heavy atom. The van der Waals surface area contributed by atoms with E-state index in [-0.39, 0.29) is 35.1 Å². The minimum atomic E-state index is -4.91. The Morgan fingerprint density at radius 2 is 1.25 bits per heavy atom. The van der Waals surface area contributed by atoms with Gasteiger partial charge in [0.2, 0.25) is 4.58 Å². The molecule has 2 N–H and O–H groups in total. The summed E-state index contributed by atoms with van der Waals surface area (Å²) in [5.74, 6) is 0. The Bertz CT molecular complexity index is 503. The number of benzene rings is 1. The van der Waals surface area contributed by atoms with Crippen LogP contribution in [-0.4, -0.2) is 55.5 Å². The molecule has 0 aromatic heterocycles. The van der Waals surface area contributed by atoms with Gasteiger partial charge in [-0.1, -0.05) is 30.3 Å². The van der Waals surface area contributed by atoms with Crippen molar-refractivity contribution in [2.45, 2.75) is 4.58 Å². The van der Waals surface area contributed by atoms with E-state index in [9.17, 15) is 16.8 Å². The fraction of sp³-hybridized carbons (Fsp3) is 0.143. The first kappa shape index (κ1) is 16.0. The van der Waals surface area contributed by atoms with Gasteiger partial charge in [0.1, 0.15) is 0 Å². The first-order valence-electron chi connectivity index (χ1n) is 3.70. The monoisotopic (exact) mass is 276 g/mol. The fourth-order valence-corrected chi connectivity index (χ4v) is 3.34. The van der Waals surface area contributed by atoms with Crippen LogP contribution in [0.3, 0.4) is 0 Å². The van der Waals surface area contributed by atoms with E-state index in [0.717, 1.165) is 0 Å². The van der Waals surface area contributed by atoms with Gasteiger partial charge in [0.25, 0.3) is 20.2 Å². The molecule has 0 fully saturated rings. The summed E-state index contributed by atoms with van der Waals surface area (Å²) in [6.07, 6.45) is 0. The van der Waals surface area contributed by atoms with Gasteiger partial charge < -0.3 is 0 Å². The van der Waals surface area contributed by atoms with Gasteiger partial charge in [0, 0.05) is 0 Å². The molecule has 0 saturated carbocycles. The van der Waals surface area contributed by atoms with E-state index < -0.39 is 24.8 Å². The van der Waals surface area contributed by atoms with E-state index in [1.807, 2.05) is 0 Å². The van der Waals surface area contributed by atoms with E-state index >= 15 is 0 Å². The van der Waals surface area contributed by atoms with Crippen molar-refractivity contribution in [3.05, 3.63) is 35.9 Å². The summed E-state index contributed by atoms with van der Waals surface area (Å²) in [6, 6.07) is 6.66. The Kier molecular flexibility index (Phi) is 5.60. The van der Waals surface area contributed by atoms with Crippen LogP contribution < -0.4 is 0 Å². The Morgan fingerprint density at radius 3 is 1.56 bits per heavy atom. The van der Waals surface area contributed by atoms with Gasteiger partial charge >= 0.3 is 29.6 Å². The minimum absolute atomic E-state index is 0. The Balaban J connectivity index is 0.00000225. The molecule has 9 heteroatoms. The average molecular weight is 276 g/mol. The van der Waals surface area contributed by atoms with Crippen LogP contribution in [-0.2, 0) is 20.2 Å². The summed E-state index contributed by atoms with van der Waals surface area (Å²) in [5, 5.41) is 0. The number of hydrogen-bond donors (Lipinski definition) is 2. The van der Waals surface area contributed by atoms with Crippen LogP contribution in [0.5, 0.6) is 0 Å². The van der Waals surface area contributed by atoms with Crippen molar-refractivity contribution < 1.29 is 25.9 Å². The summed E-state index contributed by atoms with van der Waals surface area (Å²) in [6.45, 7) is 0. The van der Waals surface area contributed by atoms with Crippen molar-refractivity contribution in [1.29, 1.82) is 0 Å². The first-order chi connectivity index (χ1) is 6.73. The SMILES string of the molecule is O=S(=O)(O)C(c1ccccc1)S(=O)(=O)O.[NaH]. The summed E-state index contributed by atoms with van der Waals surface area (Å²) in [7, 11) is -9.83. The summed E-state index contributed by atoms with van der Waals surface area (Å²) < 4.78 is 58.2. The quantitative estimate of drug-likeness (QED) is 0.585. The topological polar surface area (TPSA) is 109 Å². The molecule has 1 aromatic carbocycles. The van der Waals surface area contributed by atoms with Crippen molar-refractivity contribution in [1.82, 2.24) is 0 Å².